The summed E-state index contributed by atoms with van der Waals surface area (Å²) in [5.41, 5.74) is 0. The minimum atomic E-state index is 0.136. The van der Waals surface area contributed by atoms with E-state index < -0.39 is 0 Å². The first kappa shape index (κ1) is 15.4. The largest absolute Gasteiger partial charge is 0.469 e. The number of likely N-dealkylation sites (tertiary alicyclic amines) is 1. The van der Waals surface area contributed by atoms with E-state index in [2.05, 4.69) is 15.2 Å². The molecule has 2 aromatic heterocycles. The van der Waals surface area contributed by atoms with E-state index in [1.807, 2.05) is 24.0 Å². The molecule has 0 aromatic carbocycles. The predicted molar refractivity (Wildman–Crippen MR) is 85.2 cm³/mol. The number of fused-ring (bicyclic) bond motifs is 1. The summed E-state index contributed by atoms with van der Waals surface area (Å²) in [5.74, 6) is 3.40. The maximum absolute atomic E-state index is 12.4. The Kier molecular flexibility index (Phi) is 4.10. The molecule has 2 fully saturated rings. The number of nitrogens with one attached hydrogen (secondary N) is 1. The zero-order valence-electron chi connectivity index (χ0n) is 13.8. The highest BCUT2D eigenvalue weighted by atomic mass is 16.5. The molecule has 0 bridgehead atoms. The van der Waals surface area contributed by atoms with Crippen molar-refractivity contribution in [3.8, 4) is 0 Å². The molecule has 2 aromatic rings. The van der Waals surface area contributed by atoms with Crippen LogP contribution in [0, 0.1) is 18.8 Å². The Labute approximate surface area is 140 Å². The summed E-state index contributed by atoms with van der Waals surface area (Å²) in [4.78, 5) is 18.8. The normalized spacial score (nSPS) is 26.5. The maximum Gasteiger partial charge on any atom is 0.230 e. The number of carbonyl (C=O) groups is 1. The molecule has 0 aliphatic carbocycles. The van der Waals surface area contributed by atoms with Gasteiger partial charge in [-0.1, -0.05) is 0 Å². The van der Waals surface area contributed by atoms with Gasteiger partial charge in [-0.2, -0.15) is 5.10 Å². The van der Waals surface area contributed by atoms with Crippen LogP contribution in [-0.2, 0) is 22.4 Å². The fourth-order valence-corrected chi connectivity index (χ4v) is 3.86. The Morgan fingerprint density at radius 3 is 3.17 bits per heavy atom. The van der Waals surface area contributed by atoms with Gasteiger partial charge < -0.3 is 14.1 Å². The molecule has 7 heteroatoms. The van der Waals surface area contributed by atoms with Crippen molar-refractivity contribution >= 4 is 5.91 Å². The molecule has 2 saturated heterocycles. The monoisotopic (exact) mass is 330 g/mol. The van der Waals surface area contributed by atoms with E-state index in [-0.39, 0.29) is 12.0 Å². The number of amides is 1. The molecule has 0 saturated carbocycles. The number of aromatic amines is 1. The molecule has 1 amide bonds. The van der Waals surface area contributed by atoms with E-state index >= 15 is 0 Å². The number of H-pyrrole nitrogens is 1. The summed E-state index contributed by atoms with van der Waals surface area (Å²) < 4.78 is 11.3. The van der Waals surface area contributed by atoms with Crippen molar-refractivity contribution in [2.24, 2.45) is 11.8 Å². The summed E-state index contributed by atoms with van der Waals surface area (Å²) in [7, 11) is 0. The molecule has 3 atom stereocenters. The first-order valence-electron chi connectivity index (χ1n) is 8.48. The van der Waals surface area contributed by atoms with Crippen LogP contribution in [0.2, 0.25) is 0 Å². The molecule has 2 aliphatic heterocycles. The van der Waals surface area contributed by atoms with E-state index in [0.717, 1.165) is 43.3 Å². The number of aromatic nitrogens is 3. The summed E-state index contributed by atoms with van der Waals surface area (Å²) >= 11 is 0. The van der Waals surface area contributed by atoms with Crippen LogP contribution in [0.3, 0.4) is 0 Å². The van der Waals surface area contributed by atoms with E-state index in [1.54, 1.807) is 6.26 Å². The van der Waals surface area contributed by atoms with Crippen molar-refractivity contribution in [2.75, 3.05) is 19.7 Å². The molecule has 4 heterocycles. The van der Waals surface area contributed by atoms with Crippen LogP contribution in [0.5, 0.6) is 0 Å². The maximum atomic E-state index is 12.4. The van der Waals surface area contributed by atoms with Crippen LogP contribution in [0.15, 0.2) is 22.8 Å². The van der Waals surface area contributed by atoms with E-state index in [1.165, 1.54) is 0 Å². The van der Waals surface area contributed by atoms with Crippen molar-refractivity contribution in [3.63, 3.8) is 0 Å². The highest BCUT2D eigenvalue weighted by Gasteiger charge is 2.42. The standard InChI is InChI=1S/C17H22N4O3/c1-11-18-16(20-19-11)8-15-14-4-5-21(9-12(14)10-24-15)17(22)7-13-3-2-6-23-13/h2-3,6,12,14-15H,4-5,7-10H2,1H3,(H,18,19,20)/t12-,14-,15-/m1/s1. The highest BCUT2D eigenvalue weighted by molar-refractivity contribution is 5.78. The average molecular weight is 330 g/mol. The quantitative estimate of drug-likeness (QED) is 0.915. The second-order valence-corrected chi connectivity index (χ2v) is 6.72. The van der Waals surface area contributed by atoms with Crippen molar-refractivity contribution in [3.05, 3.63) is 35.8 Å². The minimum Gasteiger partial charge on any atom is -0.469 e. The van der Waals surface area contributed by atoms with Crippen LogP contribution in [-0.4, -0.2) is 51.8 Å². The van der Waals surface area contributed by atoms with Gasteiger partial charge in [-0.15, -0.1) is 0 Å². The third kappa shape index (κ3) is 3.08. The number of furan rings is 1. The van der Waals surface area contributed by atoms with E-state index in [0.29, 0.717) is 24.9 Å². The van der Waals surface area contributed by atoms with Gasteiger partial charge in [-0.25, -0.2) is 4.98 Å². The van der Waals surface area contributed by atoms with Crippen LogP contribution >= 0.6 is 0 Å². The Morgan fingerprint density at radius 1 is 1.50 bits per heavy atom. The van der Waals surface area contributed by atoms with E-state index in [9.17, 15) is 4.79 Å². The van der Waals surface area contributed by atoms with Gasteiger partial charge in [0.05, 0.1) is 25.4 Å². The minimum absolute atomic E-state index is 0.136. The fraction of sp³-hybridized carbons (Fsp3) is 0.588. The number of carbonyl (C=O) groups excluding carboxylic acids is 1. The van der Waals surface area contributed by atoms with Gasteiger partial charge >= 0.3 is 0 Å². The second kappa shape index (κ2) is 6.39. The lowest BCUT2D eigenvalue weighted by Gasteiger charge is -2.35. The Bertz CT molecular complexity index is 697. The molecule has 7 nitrogen and oxygen atoms in total. The zero-order valence-corrected chi connectivity index (χ0v) is 13.8. The molecule has 0 unspecified atom stereocenters. The third-order valence-corrected chi connectivity index (χ3v) is 5.08. The number of hydrogen-bond donors (Lipinski definition) is 1. The molecule has 24 heavy (non-hydrogen) atoms. The lowest BCUT2D eigenvalue weighted by Crippen LogP contribution is -2.45. The van der Waals surface area contributed by atoms with Gasteiger partial charge in [-0.05, 0) is 31.4 Å². The molecule has 0 spiro atoms. The van der Waals surface area contributed by atoms with Crippen molar-refractivity contribution in [2.45, 2.75) is 32.3 Å². The number of aryl methyl sites for hydroxylation is 1. The van der Waals surface area contributed by atoms with Crippen molar-refractivity contribution in [1.29, 1.82) is 0 Å². The van der Waals surface area contributed by atoms with E-state index in [4.69, 9.17) is 9.15 Å². The Balaban J connectivity index is 1.34. The molecular weight excluding hydrogens is 308 g/mol. The second-order valence-electron chi connectivity index (χ2n) is 6.72. The molecular formula is C17H22N4O3. The van der Waals surface area contributed by atoms with Crippen LogP contribution in [0.1, 0.15) is 23.8 Å². The molecule has 0 radical (unpaired) electrons. The molecule has 2 aliphatic rings. The SMILES string of the molecule is Cc1nc(C[C@H]2OC[C@H]3CN(C(=O)Cc4ccco4)CC[C@H]32)n[nH]1. The van der Waals surface area contributed by atoms with Gasteiger partial charge in [0, 0.05) is 25.4 Å². The lowest BCUT2D eigenvalue weighted by molar-refractivity contribution is -0.133. The van der Waals surface area contributed by atoms with Crippen LogP contribution in [0.25, 0.3) is 0 Å². The average Bonchev–Trinajstić information content (AvgIpc) is 3.30. The van der Waals surface area contributed by atoms with Crippen LogP contribution < -0.4 is 0 Å². The van der Waals surface area contributed by atoms with Crippen LogP contribution in [0.4, 0.5) is 0 Å². The highest BCUT2D eigenvalue weighted by Crippen LogP contribution is 2.35. The predicted octanol–water partition coefficient (Wildman–Crippen LogP) is 1.35. The summed E-state index contributed by atoms with van der Waals surface area (Å²) in [5, 5.41) is 7.09. The van der Waals surface area contributed by atoms with Gasteiger partial charge in [0.2, 0.25) is 5.91 Å². The molecule has 4 rings (SSSR count). The van der Waals surface area contributed by atoms with Gasteiger partial charge in [0.1, 0.15) is 11.6 Å². The fourth-order valence-electron chi connectivity index (χ4n) is 3.86. The molecule has 128 valence electrons. The zero-order chi connectivity index (χ0) is 16.5. The van der Waals surface area contributed by atoms with Crippen molar-refractivity contribution < 1.29 is 13.9 Å². The Morgan fingerprint density at radius 2 is 2.42 bits per heavy atom. The number of nitrogens with zero attached hydrogens (tertiary/aromatic N) is 3. The summed E-state index contributed by atoms with van der Waals surface area (Å²) in [6.45, 7) is 4.17. The summed E-state index contributed by atoms with van der Waals surface area (Å²) in [6, 6.07) is 3.66. The van der Waals surface area contributed by atoms with Crippen molar-refractivity contribution in [1.82, 2.24) is 20.1 Å². The van der Waals surface area contributed by atoms with Gasteiger partial charge in [0.15, 0.2) is 5.82 Å². The number of ether oxygens (including phenoxy) is 1. The lowest BCUT2D eigenvalue weighted by atomic mass is 9.83. The Hall–Kier alpha value is -2.15. The first-order valence-corrected chi connectivity index (χ1v) is 8.48. The first-order chi connectivity index (χ1) is 11.7. The smallest absolute Gasteiger partial charge is 0.230 e. The summed E-state index contributed by atoms with van der Waals surface area (Å²) in [6.07, 6.45) is 3.82. The number of piperidine rings is 1. The number of hydrogen-bond acceptors (Lipinski definition) is 5. The van der Waals surface area contributed by atoms with Gasteiger partial charge in [-0.3, -0.25) is 9.89 Å². The van der Waals surface area contributed by atoms with Gasteiger partial charge in [0.25, 0.3) is 0 Å². The number of rotatable bonds is 4. The third-order valence-electron chi connectivity index (χ3n) is 5.08. The molecule has 1 N–H and O–H groups in total. The topological polar surface area (TPSA) is 84.2 Å².